The zero-order chi connectivity index (χ0) is 21.4. The molecule has 4 heterocycles. The maximum atomic E-state index is 13.0. The number of fused-ring (bicyclic) bond motifs is 1. The third-order valence-electron chi connectivity index (χ3n) is 5.34. The maximum Gasteiger partial charge on any atom is 0.268 e. The number of carbonyl (C=O) groups excluding carboxylic acids is 1. The van der Waals surface area contributed by atoms with Crippen molar-refractivity contribution in [3.05, 3.63) is 73.9 Å². The van der Waals surface area contributed by atoms with Crippen LogP contribution < -0.4 is 5.56 Å². The van der Waals surface area contributed by atoms with Crippen molar-refractivity contribution in [3.63, 3.8) is 0 Å². The average molecular weight is 471 g/mol. The van der Waals surface area contributed by atoms with E-state index in [1.54, 1.807) is 0 Å². The van der Waals surface area contributed by atoms with Crippen molar-refractivity contribution in [2.75, 3.05) is 26.2 Å². The normalized spacial score (nSPS) is 14.9. The van der Waals surface area contributed by atoms with Crippen LogP contribution in [0.25, 0.3) is 20.7 Å². The Morgan fingerprint density at radius 1 is 1.06 bits per heavy atom. The first-order valence-electron chi connectivity index (χ1n) is 9.90. The first-order chi connectivity index (χ1) is 15.1. The molecule has 0 spiro atoms. The Bertz CT molecular complexity index is 1290. The van der Waals surface area contributed by atoms with Crippen LogP contribution in [-0.2, 0) is 6.54 Å². The molecule has 1 fully saturated rings. The number of nitrogens with zero attached hydrogens (tertiary/aromatic N) is 3. The van der Waals surface area contributed by atoms with Crippen LogP contribution in [0, 0.1) is 0 Å². The quantitative estimate of drug-likeness (QED) is 0.482. The smallest absolute Gasteiger partial charge is 0.268 e. The molecule has 5 rings (SSSR count). The Hall–Kier alpha value is -2.52. The number of thiophene rings is 2. The van der Waals surface area contributed by atoms with E-state index in [-0.39, 0.29) is 11.5 Å². The van der Waals surface area contributed by atoms with Gasteiger partial charge in [0.25, 0.3) is 11.5 Å². The van der Waals surface area contributed by atoms with Crippen molar-refractivity contribution in [1.82, 2.24) is 19.8 Å². The summed E-state index contributed by atoms with van der Waals surface area (Å²) >= 11 is 8.87. The molecule has 0 radical (unpaired) electrons. The van der Waals surface area contributed by atoms with Gasteiger partial charge in [-0.05, 0) is 41.3 Å². The lowest BCUT2D eigenvalue weighted by atomic mass is 10.2. The molecule has 158 valence electrons. The van der Waals surface area contributed by atoms with E-state index in [1.165, 1.54) is 22.7 Å². The minimum Gasteiger partial charge on any atom is -0.335 e. The number of carbonyl (C=O) groups is 1. The molecule has 0 bridgehead atoms. The number of hydrogen-bond donors (Lipinski definition) is 1. The van der Waals surface area contributed by atoms with Gasteiger partial charge in [-0.25, -0.2) is 4.98 Å². The molecule has 6 nitrogen and oxygen atoms in total. The molecule has 1 saturated heterocycles. The Morgan fingerprint density at radius 2 is 1.84 bits per heavy atom. The van der Waals surface area contributed by atoms with Crippen LogP contribution in [0.4, 0.5) is 0 Å². The molecule has 1 aromatic carbocycles. The molecule has 0 unspecified atom stereocenters. The average Bonchev–Trinajstić information content (AvgIpc) is 3.44. The predicted molar refractivity (Wildman–Crippen MR) is 126 cm³/mol. The number of H-pyrrole nitrogens is 1. The third kappa shape index (κ3) is 4.29. The molecule has 1 amide bonds. The fourth-order valence-corrected chi connectivity index (χ4v) is 5.53. The highest BCUT2D eigenvalue weighted by molar-refractivity contribution is 7.17. The van der Waals surface area contributed by atoms with Gasteiger partial charge in [-0.15, -0.1) is 22.7 Å². The van der Waals surface area contributed by atoms with Crippen LogP contribution in [0.15, 0.2) is 52.6 Å². The molecular weight excluding hydrogens is 452 g/mol. The van der Waals surface area contributed by atoms with E-state index in [1.807, 2.05) is 52.7 Å². The topological polar surface area (TPSA) is 69.3 Å². The monoisotopic (exact) mass is 470 g/mol. The first kappa shape index (κ1) is 20.4. The molecule has 3 aromatic heterocycles. The summed E-state index contributed by atoms with van der Waals surface area (Å²) in [6, 6.07) is 13.4. The summed E-state index contributed by atoms with van der Waals surface area (Å²) in [5.74, 6) is 0.734. The Kier molecular flexibility index (Phi) is 5.62. The second kappa shape index (κ2) is 8.55. The molecule has 1 aliphatic heterocycles. The standard InChI is InChI=1S/C22H19ClN4O2S2/c23-15-3-1-14(2-4-15)17-5-6-18(31-17)22(29)27-10-8-26(9-11-27)13-19-24-16-7-12-30-20(16)21(28)25-19/h1-7,12H,8-11,13H2,(H,24,25,28). The molecule has 1 N–H and O–H groups in total. The van der Waals surface area contributed by atoms with Crippen LogP contribution >= 0.6 is 34.3 Å². The van der Waals surface area contributed by atoms with Crippen molar-refractivity contribution >= 4 is 50.4 Å². The lowest BCUT2D eigenvalue weighted by molar-refractivity contribution is 0.0630. The van der Waals surface area contributed by atoms with Gasteiger partial charge in [0, 0.05) is 36.1 Å². The van der Waals surface area contributed by atoms with Gasteiger partial charge in [0.2, 0.25) is 0 Å². The van der Waals surface area contributed by atoms with Gasteiger partial charge >= 0.3 is 0 Å². The third-order valence-corrected chi connectivity index (χ3v) is 7.62. The number of halogens is 1. The van der Waals surface area contributed by atoms with E-state index in [0.29, 0.717) is 35.2 Å². The van der Waals surface area contributed by atoms with Crippen LogP contribution in [0.1, 0.15) is 15.5 Å². The minimum atomic E-state index is -0.0852. The number of nitrogens with one attached hydrogen (secondary N) is 1. The number of rotatable bonds is 4. The maximum absolute atomic E-state index is 13.0. The Morgan fingerprint density at radius 3 is 2.61 bits per heavy atom. The summed E-state index contributed by atoms with van der Waals surface area (Å²) in [6.45, 7) is 3.36. The molecule has 0 saturated carbocycles. The lowest BCUT2D eigenvalue weighted by Gasteiger charge is -2.34. The van der Waals surface area contributed by atoms with E-state index >= 15 is 0 Å². The van der Waals surface area contributed by atoms with Gasteiger partial charge in [-0.2, -0.15) is 0 Å². The molecular formula is C22H19ClN4O2S2. The van der Waals surface area contributed by atoms with Crippen LogP contribution in [0.5, 0.6) is 0 Å². The molecule has 31 heavy (non-hydrogen) atoms. The first-order valence-corrected chi connectivity index (χ1v) is 12.0. The lowest BCUT2D eigenvalue weighted by Crippen LogP contribution is -2.48. The van der Waals surface area contributed by atoms with E-state index in [0.717, 1.165) is 33.9 Å². The van der Waals surface area contributed by atoms with E-state index in [4.69, 9.17) is 11.6 Å². The molecule has 0 aliphatic carbocycles. The number of aromatic amines is 1. The van der Waals surface area contributed by atoms with Gasteiger partial charge in [0.1, 0.15) is 10.5 Å². The van der Waals surface area contributed by atoms with Crippen molar-refractivity contribution in [2.24, 2.45) is 0 Å². The Balaban J connectivity index is 1.21. The molecule has 9 heteroatoms. The second-order valence-electron chi connectivity index (χ2n) is 7.39. The van der Waals surface area contributed by atoms with Gasteiger partial charge in [0.05, 0.1) is 16.9 Å². The number of hydrogen-bond acceptors (Lipinski definition) is 6. The fraction of sp³-hybridized carbons (Fsp3) is 0.227. The summed E-state index contributed by atoms with van der Waals surface area (Å²) in [5.41, 5.74) is 1.71. The minimum absolute atomic E-state index is 0.0658. The highest BCUT2D eigenvalue weighted by atomic mass is 35.5. The SMILES string of the molecule is O=C(c1ccc(-c2ccc(Cl)cc2)s1)N1CCN(Cc2nc3ccsc3c(=O)[nH]2)CC1. The fourth-order valence-electron chi connectivity index (χ4n) is 3.70. The van der Waals surface area contributed by atoms with E-state index in [2.05, 4.69) is 14.9 Å². The largest absolute Gasteiger partial charge is 0.335 e. The summed E-state index contributed by atoms with van der Waals surface area (Å²) < 4.78 is 0.660. The highest BCUT2D eigenvalue weighted by Gasteiger charge is 2.24. The number of amides is 1. The number of aromatic nitrogens is 2. The summed E-state index contributed by atoms with van der Waals surface area (Å²) in [6.07, 6.45) is 0. The van der Waals surface area contributed by atoms with Crippen molar-refractivity contribution in [1.29, 1.82) is 0 Å². The molecule has 0 atom stereocenters. The zero-order valence-electron chi connectivity index (χ0n) is 16.5. The second-order valence-corrected chi connectivity index (χ2v) is 9.82. The van der Waals surface area contributed by atoms with Crippen molar-refractivity contribution in [3.8, 4) is 10.4 Å². The predicted octanol–water partition coefficient (Wildman–Crippen LogP) is 4.32. The molecule has 1 aliphatic rings. The van der Waals surface area contributed by atoms with Gasteiger partial charge < -0.3 is 9.88 Å². The van der Waals surface area contributed by atoms with Crippen LogP contribution in [-0.4, -0.2) is 51.9 Å². The summed E-state index contributed by atoms with van der Waals surface area (Å²) in [4.78, 5) is 38.5. The van der Waals surface area contributed by atoms with Crippen molar-refractivity contribution in [2.45, 2.75) is 6.54 Å². The number of benzene rings is 1. The highest BCUT2D eigenvalue weighted by Crippen LogP contribution is 2.30. The van der Waals surface area contributed by atoms with Gasteiger partial charge in [-0.1, -0.05) is 23.7 Å². The Labute approximate surface area is 191 Å². The van der Waals surface area contributed by atoms with Crippen molar-refractivity contribution < 1.29 is 4.79 Å². The van der Waals surface area contributed by atoms with E-state index < -0.39 is 0 Å². The van der Waals surface area contributed by atoms with Gasteiger partial charge in [-0.3, -0.25) is 14.5 Å². The van der Waals surface area contributed by atoms with Gasteiger partial charge in [0.15, 0.2) is 0 Å². The van der Waals surface area contributed by atoms with E-state index in [9.17, 15) is 9.59 Å². The summed E-state index contributed by atoms with van der Waals surface area (Å²) in [7, 11) is 0. The molecule has 4 aromatic rings. The summed E-state index contributed by atoms with van der Waals surface area (Å²) in [5, 5.41) is 2.58. The van der Waals surface area contributed by atoms with Crippen LogP contribution in [0.2, 0.25) is 5.02 Å². The van der Waals surface area contributed by atoms with Crippen LogP contribution in [0.3, 0.4) is 0 Å². The number of piperazine rings is 1. The zero-order valence-corrected chi connectivity index (χ0v) is 18.9.